The van der Waals surface area contributed by atoms with Crippen molar-refractivity contribution in [3.63, 3.8) is 0 Å². The molecule has 0 aromatic carbocycles. The summed E-state index contributed by atoms with van der Waals surface area (Å²) in [6, 6.07) is 2.71. The van der Waals surface area contributed by atoms with Crippen molar-refractivity contribution in [1.29, 1.82) is 0 Å². The van der Waals surface area contributed by atoms with Crippen molar-refractivity contribution in [1.82, 2.24) is 15.6 Å². The molecule has 0 unspecified atom stereocenters. The summed E-state index contributed by atoms with van der Waals surface area (Å²) in [5.41, 5.74) is 0.371. The first-order valence-electron chi connectivity index (χ1n) is 7.17. The quantitative estimate of drug-likeness (QED) is 0.833. The fourth-order valence-corrected chi connectivity index (χ4v) is 2.06. The number of nitrogens with zero attached hydrogens (tertiary/aromatic N) is 1. The largest absolute Gasteiger partial charge is 0.468 e. The highest BCUT2D eigenvalue weighted by Crippen LogP contribution is 2.19. The predicted molar refractivity (Wildman–Crippen MR) is 75.0 cm³/mol. The Bertz CT molecular complexity index is 519. The van der Waals surface area contributed by atoms with Crippen LogP contribution >= 0.6 is 0 Å². The molecule has 128 valence electrons. The molecule has 1 aliphatic heterocycles. The first-order valence-corrected chi connectivity index (χ1v) is 7.17. The van der Waals surface area contributed by atoms with Gasteiger partial charge in [0.25, 0.3) is 0 Å². The number of hydrogen-bond acceptors (Lipinski definition) is 4. The number of rotatable bonds is 6. The number of hydrogen-bond donors (Lipinski definition) is 2. The number of amides is 2. The number of urea groups is 1. The molecule has 0 radical (unpaired) electrons. The molecule has 2 amide bonds. The summed E-state index contributed by atoms with van der Waals surface area (Å²) in [6.45, 7) is 0.414. The fraction of sp³-hybridized carbons (Fsp3) is 0.571. The minimum atomic E-state index is -4.44. The normalized spacial score (nSPS) is 17.8. The van der Waals surface area contributed by atoms with Gasteiger partial charge in [-0.3, -0.25) is 0 Å². The molecule has 2 rings (SSSR count). The van der Waals surface area contributed by atoms with Crippen molar-refractivity contribution in [2.75, 3.05) is 26.4 Å². The molecule has 1 fully saturated rings. The van der Waals surface area contributed by atoms with Crippen LogP contribution in [0.5, 0.6) is 5.88 Å². The zero-order chi connectivity index (χ0) is 16.7. The number of nitrogens with one attached hydrogen (secondary N) is 2. The number of ether oxygens (including phenoxy) is 2. The van der Waals surface area contributed by atoms with E-state index in [9.17, 15) is 18.0 Å². The lowest BCUT2D eigenvalue weighted by Crippen LogP contribution is -2.38. The zero-order valence-corrected chi connectivity index (χ0v) is 12.4. The Morgan fingerprint density at radius 2 is 2.26 bits per heavy atom. The van der Waals surface area contributed by atoms with Gasteiger partial charge in [0.15, 0.2) is 6.61 Å². The highest BCUT2D eigenvalue weighted by atomic mass is 19.4. The smallest absolute Gasteiger partial charge is 0.422 e. The van der Waals surface area contributed by atoms with Crippen LogP contribution in [-0.2, 0) is 11.3 Å². The molecule has 1 atom stereocenters. The Kier molecular flexibility index (Phi) is 6.03. The average Bonchev–Trinajstić information content (AvgIpc) is 3.02. The minimum Gasteiger partial charge on any atom is -0.468 e. The number of aromatic nitrogens is 1. The van der Waals surface area contributed by atoms with Gasteiger partial charge < -0.3 is 20.1 Å². The van der Waals surface area contributed by atoms with Gasteiger partial charge in [-0.05, 0) is 12.5 Å². The van der Waals surface area contributed by atoms with Crippen LogP contribution in [0.15, 0.2) is 18.3 Å². The Morgan fingerprint density at radius 3 is 2.96 bits per heavy atom. The van der Waals surface area contributed by atoms with E-state index >= 15 is 0 Å². The van der Waals surface area contributed by atoms with E-state index in [1.807, 2.05) is 0 Å². The first kappa shape index (κ1) is 17.3. The van der Waals surface area contributed by atoms with E-state index in [2.05, 4.69) is 20.4 Å². The van der Waals surface area contributed by atoms with Crippen molar-refractivity contribution in [3.05, 3.63) is 23.9 Å². The van der Waals surface area contributed by atoms with Crippen LogP contribution in [-0.4, -0.2) is 43.6 Å². The van der Waals surface area contributed by atoms with Gasteiger partial charge in [0.2, 0.25) is 5.88 Å². The maximum Gasteiger partial charge on any atom is 0.422 e. The standard InChI is InChI=1S/C14H18F3N3O3/c15-14(16,17)9-23-12-11(2-1-4-18-12)7-20-13(21)19-6-10-3-5-22-8-10/h1-2,4,10H,3,5-9H2,(H2,19,20,21)/t10-/m0/s1. The van der Waals surface area contributed by atoms with Crippen molar-refractivity contribution in [3.8, 4) is 5.88 Å². The van der Waals surface area contributed by atoms with E-state index < -0.39 is 18.8 Å². The second kappa shape index (κ2) is 8.00. The topological polar surface area (TPSA) is 72.5 Å². The first-order chi connectivity index (χ1) is 10.9. The summed E-state index contributed by atoms with van der Waals surface area (Å²) in [6.07, 6.45) is -2.21. The molecule has 2 N–H and O–H groups in total. The van der Waals surface area contributed by atoms with Crippen LogP contribution in [0.2, 0.25) is 0 Å². The monoisotopic (exact) mass is 333 g/mol. The summed E-state index contributed by atoms with van der Waals surface area (Å²) >= 11 is 0. The van der Waals surface area contributed by atoms with Gasteiger partial charge in [0.05, 0.1) is 6.61 Å². The second-order valence-electron chi connectivity index (χ2n) is 5.16. The molecule has 0 aliphatic carbocycles. The molecule has 23 heavy (non-hydrogen) atoms. The lowest BCUT2D eigenvalue weighted by atomic mass is 10.1. The predicted octanol–water partition coefficient (Wildman–Crippen LogP) is 1.86. The number of halogens is 3. The highest BCUT2D eigenvalue weighted by Gasteiger charge is 2.29. The number of alkyl halides is 3. The van der Waals surface area contributed by atoms with Gasteiger partial charge in [-0.2, -0.15) is 13.2 Å². The fourth-order valence-electron chi connectivity index (χ4n) is 2.06. The Balaban J connectivity index is 1.78. The molecule has 1 aromatic rings. The molecule has 1 saturated heterocycles. The molecule has 1 aromatic heterocycles. The maximum absolute atomic E-state index is 12.2. The summed E-state index contributed by atoms with van der Waals surface area (Å²) in [5, 5.41) is 5.27. The van der Waals surface area contributed by atoms with Crippen molar-refractivity contribution in [2.24, 2.45) is 5.92 Å². The Morgan fingerprint density at radius 1 is 1.43 bits per heavy atom. The van der Waals surface area contributed by atoms with E-state index in [1.165, 1.54) is 6.20 Å². The van der Waals surface area contributed by atoms with Gasteiger partial charge in [-0.15, -0.1) is 0 Å². The van der Waals surface area contributed by atoms with Gasteiger partial charge in [0.1, 0.15) is 0 Å². The lowest BCUT2D eigenvalue weighted by Gasteiger charge is -2.13. The minimum absolute atomic E-state index is 0.0219. The van der Waals surface area contributed by atoms with Crippen molar-refractivity contribution in [2.45, 2.75) is 19.1 Å². The molecule has 2 heterocycles. The molecule has 0 bridgehead atoms. The summed E-state index contributed by atoms with van der Waals surface area (Å²) < 4.78 is 46.4. The van der Waals surface area contributed by atoms with E-state index in [0.717, 1.165) is 6.42 Å². The van der Waals surface area contributed by atoms with Crippen molar-refractivity contribution >= 4 is 6.03 Å². The van der Waals surface area contributed by atoms with E-state index in [0.29, 0.717) is 31.2 Å². The number of pyridine rings is 1. The van der Waals surface area contributed by atoms with Crippen LogP contribution in [0.3, 0.4) is 0 Å². The van der Waals surface area contributed by atoms with Crippen LogP contribution in [0.4, 0.5) is 18.0 Å². The molecule has 9 heteroatoms. The third kappa shape index (κ3) is 6.31. The van der Waals surface area contributed by atoms with Crippen molar-refractivity contribution < 1.29 is 27.4 Å². The van der Waals surface area contributed by atoms with Gasteiger partial charge >= 0.3 is 12.2 Å². The van der Waals surface area contributed by atoms with E-state index in [1.54, 1.807) is 12.1 Å². The van der Waals surface area contributed by atoms with Gasteiger partial charge in [-0.25, -0.2) is 9.78 Å². The SMILES string of the molecule is O=C(NCc1cccnc1OCC(F)(F)F)NC[C@@H]1CCOC1. The van der Waals surface area contributed by atoms with Gasteiger partial charge in [-0.1, -0.05) is 6.07 Å². The van der Waals surface area contributed by atoms with Crippen LogP contribution in [0, 0.1) is 5.92 Å². The molecular formula is C14H18F3N3O3. The Hall–Kier alpha value is -2.03. The summed E-state index contributed by atoms with van der Waals surface area (Å²) in [4.78, 5) is 15.5. The third-order valence-corrected chi connectivity index (χ3v) is 3.24. The maximum atomic E-state index is 12.2. The summed E-state index contributed by atoms with van der Waals surface area (Å²) in [7, 11) is 0. The molecule has 6 nitrogen and oxygen atoms in total. The van der Waals surface area contributed by atoms with Crippen LogP contribution in [0.25, 0.3) is 0 Å². The molecule has 0 spiro atoms. The Labute approximate surface area is 131 Å². The number of carbonyl (C=O) groups excluding carboxylic acids is 1. The zero-order valence-electron chi connectivity index (χ0n) is 12.4. The molecular weight excluding hydrogens is 315 g/mol. The third-order valence-electron chi connectivity index (χ3n) is 3.24. The second-order valence-corrected chi connectivity index (χ2v) is 5.16. The van der Waals surface area contributed by atoms with Crippen LogP contribution < -0.4 is 15.4 Å². The molecule has 0 saturated carbocycles. The average molecular weight is 333 g/mol. The summed E-state index contributed by atoms with van der Waals surface area (Å²) in [5.74, 6) is 0.152. The number of carbonyl (C=O) groups is 1. The lowest BCUT2D eigenvalue weighted by molar-refractivity contribution is -0.154. The van der Waals surface area contributed by atoms with Gasteiger partial charge in [0, 0.05) is 37.4 Å². The van der Waals surface area contributed by atoms with E-state index in [-0.39, 0.29) is 12.4 Å². The van der Waals surface area contributed by atoms with E-state index in [4.69, 9.17) is 4.74 Å². The van der Waals surface area contributed by atoms with Crippen LogP contribution in [0.1, 0.15) is 12.0 Å². The molecule has 1 aliphatic rings. The highest BCUT2D eigenvalue weighted by molar-refractivity contribution is 5.73.